The molecule has 0 bridgehead atoms. The minimum Gasteiger partial charge on any atom is -0.311 e. The van der Waals surface area contributed by atoms with Crippen LogP contribution >= 0.6 is 0 Å². The van der Waals surface area contributed by atoms with E-state index in [9.17, 15) is 0 Å². The van der Waals surface area contributed by atoms with Crippen molar-refractivity contribution in [2.75, 3.05) is 6.54 Å². The molecule has 0 unspecified atom stereocenters. The number of rotatable bonds is 1. The molecule has 1 aliphatic heterocycles. The predicted octanol–water partition coefficient (Wildman–Crippen LogP) is 2.56. The fraction of sp³-hybridized carbons (Fsp3) is 1.00. The van der Waals surface area contributed by atoms with Gasteiger partial charge in [-0.15, -0.1) is 0 Å². The predicted molar refractivity (Wildman–Crippen MR) is 52.1 cm³/mol. The molecular weight excluding hydrogens is 146 g/mol. The molecule has 2 fully saturated rings. The monoisotopic (exact) mass is 167 g/mol. The molecule has 12 heavy (non-hydrogen) atoms. The van der Waals surface area contributed by atoms with Crippen molar-refractivity contribution in [3.8, 4) is 0 Å². The van der Waals surface area contributed by atoms with Crippen LogP contribution in [0.3, 0.4) is 0 Å². The zero-order valence-electron chi connectivity index (χ0n) is 8.40. The molecule has 0 aromatic rings. The molecule has 2 aliphatic rings. The average Bonchev–Trinajstić information content (AvgIpc) is 2.02. The lowest BCUT2D eigenvalue weighted by Gasteiger charge is -2.48. The van der Waals surface area contributed by atoms with Gasteiger partial charge in [0.25, 0.3) is 0 Å². The van der Waals surface area contributed by atoms with E-state index in [1.807, 2.05) is 0 Å². The van der Waals surface area contributed by atoms with Crippen molar-refractivity contribution in [2.24, 2.45) is 11.8 Å². The second-order valence-electron chi connectivity index (χ2n) is 5.04. The first-order valence-corrected chi connectivity index (χ1v) is 5.47. The minimum absolute atomic E-state index is 0.616. The van der Waals surface area contributed by atoms with Gasteiger partial charge in [0, 0.05) is 5.54 Å². The molecule has 2 rings (SSSR count). The number of hydrogen-bond acceptors (Lipinski definition) is 1. The van der Waals surface area contributed by atoms with Gasteiger partial charge in [-0.05, 0) is 50.5 Å². The van der Waals surface area contributed by atoms with Crippen molar-refractivity contribution >= 4 is 0 Å². The Kier molecular flexibility index (Phi) is 2.16. The molecule has 1 saturated heterocycles. The van der Waals surface area contributed by atoms with Crippen LogP contribution in [0.2, 0.25) is 0 Å². The van der Waals surface area contributed by atoms with Gasteiger partial charge < -0.3 is 5.32 Å². The van der Waals surface area contributed by atoms with Gasteiger partial charge >= 0.3 is 0 Å². The van der Waals surface area contributed by atoms with Gasteiger partial charge in [-0.1, -0.05) is 13.8 Å². The molecular formula is C11H21N. The quantitative estimate of drug-likeness (QED) is 0.633. The van der Waals surface area contributed by atoms with Crippen molar-refractivity contribution in [3.63, 3.8) is 0 Å². The van der Waals surface area contributed by atoms with Crippen LogP contribution in [0.5, 0.6) is 0 Å². The van der Waals surface area contributed by atoms with Crippen molar-refractivity contribution in [1.29, 1.82) is 0 Å². The van der Waals surface area contributed by atoms with Gasteiger partial charge in [0.05, 0.1) is 0 Å². The third-order valence-electron chi connectivity index (χ3n) is 4.03. The first-order chi connectivity index (χ1) is 5.72. The average molecular weight is 167 g/mol. The Hall–Kier alpha value is -0.0400. The molecule has 0 aromatic heterocycles. The maximum absolute atomic E-state index is 3.62. The van der Waals surface area contributed by atoms with Gasteiger partial charge in [-0.25, -0.2) is 0 Å². The molecule has 1 aliphatic carbocycles. The van der Waals surface area contributed by atoms with E-state index in [1.54, 1.807) is 0 Å². The summed E-state index contributed by atoms with van der Waals surface area (Å²) in [6, 6.07) is 0. The zero-order valence-corrected chi connectivity index (χ0v) is 8.40. The molecule has 0 atom stereocenters. The van der Waals surface area contributed by atoms with Gasteiger partial charge in [0.1, 0.15) is 0 Å². The molecule has 0 radical (unpaired) electrons. The summed E-state index contributed by atoms with van der Waals surface area (Å²) in [6.07, 6.45) is 7.25. The molecule has 1 saturated carbocycles. The number of nitrogens with one attached hydrogen (secondary N) is 1. The highest BCUT2D eigenvalue weighted by molar-refractivity contribution is 4.99. The van der Waals surface area contributed by atoms with Crippen LogP contribution in [-0.2, 0) is 0 Å². The first kappa shape index (κ1) is 8.55. The Bertz CT molecular complexity index is 148. The van der Waals surface area contributed by atoms with Crippen molar-refractivity contribution in [2.45, 2.75) is 51.5 Å². The van der Waals surface area contributed by atoms with E-state index in [0.717, 1.165) is 11.8 Å². The van der Waals surface area contributed by atoms with E-state index in [0.29, 0.717) is 5.54 Å². The Morgan fingerprint density at radius 1 is 1.17 bits per heavy atom. The second-order valence-corrected chi connectivity index (χ2v) is 5.04. The normalized spacial score (nSPS) is 41.8. The first-order valence-electron chi connectivity index (χ1n) is 5.47. The fourth-order valence-electron chi connectivity index (χ4n) is 2.76. The molecule has 0 amide bonds. The third-order valence-corrected chi connectivity index (χ3v) is 4.03. The van der Waals surface area contributed by atoms with Gasteiger partial charge in [0.15, 0.2) is 0 Å². The maximum Gasteiger partial charge on any atom is 0.0193 e. The topological polar surface area (TPSA) is 12.0 Å². The lowest BCUT2D eigenvalue weighted by Crippen LogP contribution is -2.58. The Balaban J connectivity index is 1.84. The van der Waals surface area contributed by atoms with E-state index < -0.39 is 0 Å². The van der Waals surface area contributed by atoms with Crippen LogP contribution in [0, 0.1) is 11.8 Å². The standard InChI is InChI=1S/C11H21N/c1-9(2)10-3-5-11(6-4-10)7-8-12-11/h9-10,12H,3-8H2,1-2H3. The lowest BCUT2D eigenvalue weighted by atomic mass is 9.69. The molecule has 1 heteroatoms. The molecule has 1 nitrogen and oxygen atoms in total. The van der Waals surface area contributed by atoms with Crippen LogP contribution in [0.1, 0.15) is 46.0 Å². The maximum atomic E-state index is 3.62. The summed E-state index contributed by atoms with van der Waals surface area (Å²) in [7, 11) is 0. The highest BCUT2D eigenvalue weighted by Gasteiger charge is 2.39. The van der Waals surface area contributed by atoms with Gasteiger partial charge in [-0.2, -0.15) is 0 Å². The lowest BCUT2D eigenvalue weighted by molar-refractivity contribution is 0.101. The molecule has 1 N–H and O–H groups in total. The third kappa shape index (κ3) is 1.39. The Morgan fingerprint density at radius 2 is 1.75 bits per heavy atom. The summed E-state index contributed by atoms with van der Waals surface area (Å²) >= 11 is 0. The molecule has 0 aromatic carbocycles. The van der Waals surface area contributed by atoms with E-state index >= 15 is 0 Å². The fourth-order valence-corrected chi connectivity index (χ4v) is 2.76. The summed E-state index contributed by atoms with van der Waals surface area (Å²) in [5.74, 6) is 1.92. The van der Waals surface area contributed by atoms with Gasteiger partial charge in [0.2, 0.25) is 0 Å². The van der Waals surface area contributed by atoms with E-state index in [2.05, 4.69) is 19.2 Å². The van der Waals surface area contributed by atoms with Crippen LogP contribution in [0.4, 0.5) is 0 Å². The van der Waals surface area contributed by atoms with Crippen LogP contribution in [0.25, 0.3) is 0 Å². The van der Waals surface area contributed by atoms with Crippen molar-refractivity contribution in [1.82, 2.24) is 5.32 Å². The van der Waals surface area contributed by atoms with Crippen LogP contribution < -0.4 is 5.32 Å². The Morgan fingerprint density at radius 3 is 2.08 bits per heavy atom. The van der Waals surface area contributed by atoms with E-state index in [-0.39, 0.29) is 0 Å². The van der Waals surface area contributed by atoms with Crippen molar-refractivity contribution in [3.05, 3.63) is 0 Å². The molecule has 70 valence electrons. The SMILES string of the molecule is CC(C)C1CCC2(CCN2)CC1. The zero-order chi connectivity index (χ0) is 8.60. The molecule has 1 heterocycles. The summed E-state index contributed by atoms with van der Waals surface area (Å²) in [4.78, 5) is 0. The summed E-state index contributed by atoms with van der Waals surface area (Å²) in [5.41, 5.74) is 0.616. The Labute approximate surface area is 75.9 Å². The minimum atomic E-state index is 0.616. The van der Waals surface area contributed by atoms with Crippen LogP contribution in [-0.4, -0.2) is 12.1 Å². The smallest absolute Gasteiger partial charge is 0.0193 e. The largest absolute Gasteiger partial charge is 0.311 e. The van der Waals surface area contributed by atoms with Gasteiger partial charge in [-0.3, -0.25) is 0 Å². The molecule has 1 spiro atoms. The summed E-state index contributed by atoms with van der Waals surface area (Å²) in [5, 5.41) is 3.62. The summed E-state index contributed by atoms with van der Waals surface area (Å²) < 4.78 is 0. The van der Waals surface area contributed by atoms with Crippen molar-refractivity contribution < 1.29 is 0 Å². The highest BCUT2D eigenvalue weighted by Crippen LogP contribution is 2.40. The van der Waals surface area contributed by atoms with Crippen LogP contribution in [0.15, 0.2) is 0 Å². The van der Waals surface area contributed by atoms with E-state index in [4.69, 9.17) is 0 Å². The van der Waals surface area contributed by atoms with E-state index in [1.165, 1.54) is 38.6 Å². The summed E-state index contributed by atoms with van der Waals surface area (Å²) in [6.45, 7) is 6.01. The highest BCUT2D eigenvalue weighted by atomic mass is 15.0. The second kappa shape index (κ2) is 3.02. The number of hydrogen-bond donors (Lipinski definition) is 1.